The number of piperazine rings is 1. The van der Waals surface area contributed by atoms with Gasteiger partial charge in [-0.25, -0.2) is 0 Å². The SMILES string of the molecule is CSc1ccc(CN2C[C@@H]3C[C@H]2C(=O)N3c2ccc3c(c2)OCO3)cc1. The summed E-state index contributed by atoms with van der Waals surface area (Å²) >= 11 is 1.75. The molecule has 2 aromatic carbocycles. The summed E-state index contributed by atoms with van der Waals surface area (Å²) in [5.41, 5.74) is 2.17. The van der Waals surface area contributed by atoms with Crippen LogP contribution in [0.1, 0.15) is 12.0 Å². The summed E-state index contributed by atoms with van der Waals surface area (Å²) in [5.74, 6) is 1.67. The third kappa shape index (κ3) is 2.56. The van der Waals surface area contributed by atoms with Crippen LogP contribution in [0.15, 0.2) is 47.4 Å². The van der Waals surface area contributed by atoms with Crippen molar-refractivity contribution in [2.75, 3.05) is 24.5 Å². The fourth-order valence-electron chi connectivity index (χ4n) is 4.18. The summed E-state index contributed by atoms with van der Waals surface area (Å²) in [6.45, 7) is 1.99. The molecule has 134 valence electrons. The van der Waals surface area contributed by atoms with Crippen LogP contribution >= 0.6 is 11.8 Å². The van der Waals surface area contributed by atoms with Crippen molar-refractivity contribution in [3.8, 4) is 11.5 Å². The molecule has 2 atom stereocenters. The highest BCUT2D eigenvalue weighted by Crippen LogP contribution is 2.41. The smallest absolute Gasteiger partial charge is 0.244 e. The van der Waals surface area contributed by atoms with Crippen LogP contribution in [0.3, 0.4) is 0 Å². The molecule has 3 heterocycles. The van der Waals surface area contributed by atoms with Gasteiger partial charge in [0.05, 0.1) is 12.1 Å². The Kier molecular flexibility index (Phi) is 3.83. The highest BCUT2D eigenvalue weighted by molar-refractivity contribution is 7.98. The first-order valence-corrected chi connectivity index (χ1v) is 10.0. The monoisotopic (exact) mass is 368 g/mol. The van der Waals surface area contributed by atoms with Gasteiger partial charge in [-0.2, -0.15) is 0 Å². The van der Waals surface area contributed by atoms with Crippen molar-refractivity contribution in [1.82, 2.24) is 4.90 Å². The Balaban J connectivity index is 1.32. The van der Waals surface area contributed by atoms with Gasteiger partial charge in [-0.1, -0.05) is 12.1 Å². The minimum absolute atomic E-state index is 0.0225. The molecule has 5 nitrogen and oxygen atoms in total. The molecule has 6 heteroatoms. The van der Waals surface area contributed by atoms with Crippen LogP contribution in [-0.4, -0.2) is 42.5 Å². The van der Waals surface area contributed by atoms with E-state index >= 15 is 0 Å². The number of fused-ring (bicyclic) bond motifs is 3. The predicted octanol–water partition coefficient (Wildman–Crippen LogP) is 3.13. The third-order valence-corrected chi connectivity index (χ3v) is 6.19. The highest BCUT2D eigenvalue weighted by Gasteiger charge is 2.50. The molecule has 0 aliphatic carbocycles. The van der Waals surface area contributed by atoms with Crippen LogP contribution < -0.4 is 14.4 Å². The first-order valence-electron chi connectivity index (χ1n) is 8.82. The summed E-state index contributed by atoms with van der Waals surface area (Å²) in [4.78, 5) is 18.5. The van der Waals surface area contributed by atoms with Crippen LogP contribution in [-0.2, 0) is 11.3 Å². The molecule has 2 fully saturated rings. The van der Waals surface area contributed by atoms with Gasteiger partial charge in [0.15, 0.2) is 11.5 Å². The Hall–Kier alpha value is -2.18. The molecule has 1 amide bonds. The minimum atomic E-state index is -0.0225. The summed E-state index contributed by atoms with van der Waals surface area (Å²) < 4.78 is 10.8. The molecule has 5 rings (SSSR count). The van der Waals surface area contributed by atoms with Crippen LogP contribution in [0.4, 0.5) is 5.69 Å². The van der Waals surface area contributed by atoms with Crippen LogP contribution in [0, 0.1) is 0 Å². The van der Waals surface area contributed by atoms with Gasteiger partial charge in [-0.15, -0.1) is 11.8 Å². The highest BCUT2D eigenvalue weighted by atomic mass is 32.2. The average molecular weight is 368 g/mol. The molecule has 0 N–H and O–H groups in total. The van der Waals surface area contributed by atoms with Crippen molar-refractivity contribution in [3.63, 3.8) is 0 Å². The maximum absolute atomic E-state index is 13.0. The fraction of sp³-hybridized carbons (Fsp3) is 0.350. The van der Waals surface area contributed by atoms with Gasteiger partial charge in [0.1, 0.15) is 0 Å². The Morgan fingerprint density at radius 2 is 1.92 bits per heavy atom. The summed E-state index contributed by atoms with van der Waals surface area (Å²) in [7, 11) is 0. The number of thioether (sulfide) groups is 1. The number of amides is 1. The van der Waals surface area contributed by atoms with Crippen molar-refractivity contribution >= 4 is 23.4 Å². The molecule has 3 aliphatic rings. The lowest BCUT2D eigenvalue weighted by Crippen LogP contribution is -2.50. The normalized spacial score (nSPS) is 23.9. The third-order valence-electron chi connectivity index (χ3n) is 5.45. The second kappa shape index (κ2) is 6.21. The first kappa shape index (κ1) is 16.0. The van der Waals surface area contributed by atoms with Gasteiger partial charge in [-0.05, 0) is 42.5 Å². The van der Waals surface area contributed by atoms with E-state index in [4.69, 9.17) is 9.47 Å². The Morgan fingerprint density at radius 3 is 2.69 bits per heavy atom. The number of carbonyl (C=O) groups is 1. The number of likely N-dealkylation sites (tertiary alicyclic amines) is 1. The van der Waals surface area contributed by atoms with Gasteiger partial charge in [-0.3, -0.25) is 9.69 Å². The minimum Gasteiger partial charge on any atom is -0.454 e. The van der Waals surface area contributed by atoms with E-state index in [1.54, 1.807) is 11.8 Å². The second-order valence-electron chi connectivity index (χ2n) is 6.93. The molecule has 0 aromatic heterocycles. The maximum atomic E-state index is 13.0. The van der Waals surface area contributed by atoms with E-state index in [1.807, 2.05) is 23.1 Å². The van der Waals surface area contributed by atoms with E-state index in [0.717, 1.165) is 36.7 Å². The number of nitrogens with zero attached hydrogens (tertiary/aromatic N) is 2. The number of benzene rings is 2. The first-order chi connectivity index (χ1) is 12.7. The molecular weight excluding hydrogens is 348 g/mol. The zero-order chi connectivity index (χ0) is 17.7. The molecule has 0 spiro atoms. The van der Waals surface area contributed by atoms with Crippen molar-refractivity contribution in [3.05, 3.63) is 48.0 Å². The number of hydrogen-bond acceptors (Lipinski definition) is 5. The molecule has 3 aliphatic heterocycles. The second-order valence-corrected chi connectivity index (χ2v) is 7.81. The number of ether oxygens (including phenoxy) is 2. The van der Waals surface area contributed by atoms with Gasteiger partial charge < -0.3 is 14.4 Å². The van der Waals surface area contributed by atoms with Crippen molar-refractivity contribution < 1.29 is 14.3 Å². The lowest BCUT2D eigenvalue weighted by Gasteiger charge is -2.34. The van der Waals surface area contributed by atoms with E-state index < -0.39 is 0 Å². The Morgan fingerprint density at radius 1 is 1.12 bits per heavy atom. The van der Waals surface area contributed by atoms with E-state index in [2.05, 4.69) is 35.4 Å². The molecule has 2 saturated heterocycles. The number of anilines is 1. The maximum Gasteiger partial charge on any atom is 0.244 e. The molecule has 0 saturated carbocycles. The van der Waals surface area contributed by atoms with E-state index in [9.17, 15) is 4.79 Å². The zero-order valence-corrected chi connectivity index (χ0v) is 15.4. The lowest BCUT2D eigenvalue weighted by atomic mass is 10.1. The van der Waals surface area contributed by atoms with Gasteiger partial charge >= 0.3 is 0 Å². The van der Waals surface area contributed by atoms with Gasteiger partial charge in [0, 0.05) is 29.7 Å². The summed E-state index contributed by atoms with van der Waals surface area (Å²) in [6.07, 6.45) is 2.98. The van der Waals surface area contributed by atoms with Gasteiger partial charge in [0.2, 0.25) is 12.7 Å². The van der Waals surface area contributed by atoms with E-state index in [1.165, 1.54) is 10.5 Å². The quantitative estimate of drug-likeness (QED) is 0.776. The molecule has 26 heavy (non-hydrogen) atoms. The number of hydrogen-bond donors (Lipinski definition) is 0. The largest absolute Gasteiger partial charge is 0.454 e. The predicted molar refractivity (Wildman–Crippen MR) is 101 cm³/mol. The van der Waals surface area contributed by atoms with E-state index in [0.29, 0.717) is 0 Å². The Bertz CT molecular complexity index is 855. The lowest BCUT2D eigenvalue weighted by molar-refractivity contribution is -0.122. The topological polar surface area (TPSA) is 42.0 Å². The molecule has 0 unspecified atom stereocenters. The molecule has 0 radical (unpaired) electrons. The van der Waals surface area contributed by atoms with Crippen molar-refractivity contribution in [2.45, 2.75) is 29.9 Å². The zero-order valence-electron chi connectivity index (χ0n) is 14.6. The standard InChI is InChI=1S/C20H20N2O3S/c1-26-16-5-2-13(3-6-16)10-21-11-15-8-17(21)20(23)22(15)14-4-7-18-19(9-14)25-12-24-18/h2-7,9,15,17H,8,10-12H2,1H3/t15-,17-/m0/s1. The summed E-state index contributed by atoms with van der Waals surface area (Å²) in [5, 5.41) is 0. The van der Waals surface area contributed by atoms with Crippen LogP contribution in [0.2, 0.25) is 0 Å². The Labute approximate surface area is 156 Å². The van der Waals surface area contributed by atoms with E-state index in [-0.39, 0.29) is 24.8 Å². The van der Waals surface area contributed by atoms with Crippen LogP contribution in [0.5, 0.6) is 11.5 Å². The molecular formula is C20H20N2O3S. The molecule has 2 bridgehead atoms. The number of rotatable bonds is 4. The summed E-state index contributed by atoms with van der Waals surface area (Å²) in [6, 6.07) is 14.6. The van der Waals surface area contributed by atoms with Gasteiger partial charge in [0.25, 0.3) is 0 Å². The number of carbonyl (C=O) groups excluding carboxylic acids is 1. The van der Waals surface area contributed by atoms with Crippen LogP contribution in [0.25, 0.3) is 0 Å². The molecule has 2 aromatic rings. The fourth-order valence-corrected chi connectivity index (χ4v) is 4.59. The van der Waals surface area contributed by atoms with Crippen molar-refractivity contribution in [2.24, 2.45) is 0 Å². The average Bonchev–Trinajstić information content (AvgIpc) is 3.36. The van der Waals surface area contributed by atoms with Crippen molar-refractivity contribution in [1.29, 1.82) is 0 Å².